The summed E-state index contributed by atoms with van der Waals surface area (Å²) in [6, 6.07) is 11.4. The van der Waals surface area contributed by atoms with E-state index in [0.29, 0.717) is 24.5 Å². The maximum atomic E-state index is 12.9. The van der Waals surface area contributed by atoms with Gasteiger partial charge >= 0.3 is 0 Å². The quantitative estimate of drug-likeness (QED) is 0.583. The summed E-state index contributed by atoms with van der Waals surface area (Å²) in [4.78, 5) is 12.5. The Morgan fingerprint density at radius 1 is 1.14 bits per heavy atom. The van der Waals surface area contributed by atoms with Crippen molar-refractivity contribution in [3.05, 3.63) is 57.7 Å². The highest BCUT2D eigenvalue weighted by molar-refractivity contribution is 9.10. The highest BCUT2D eigenvalue weighted by Gasteiger charge is 2.29. The zero-order chi connectivity index (χ0) is 20.6. The van der Waals surface area contributed by atoms with Crippen LogP contribution in [0.15, 0.2) is 56.2 Å². The van der Waals surface area contributed by atoms with Crippen LogP contribution in [0.25, 0.3) is 11.0 Å². The minimum absolute atomic E-state index is 0.0637. The predicted octanol–water partition coefficient (Wildman–Crippen LogP) is 4.12. The molecule has 1 amide bonds. The summed E-state index contributed by atoms with van der Waals surface area (Å²) in [5.41, 5.74) is 0.857. The average Bonchev–Trinajstić information content (AvgIpc) is 3.16. The van der Waals surface area contributed by atoms with Crippen molar-refractivity contribution in [1.29, 1.82) is 0 Å². The fraction of sp³-hybridized carbons (Fsp3) is 0.211. The van der Waals surface area contributed by atoms with E-state index in [2.05, 4.69) is 21.2 Å². The lowest BCUT2D eigenvalue weighted by atomic mass is 10.2. The monoisotopic (exact) mass is 498 g/mol. The van der Waals surface area contributed by atoms with E-state index in [1.165, 1.54) is 22.5 Å². The second-order valence-electron chi connectivity index (χ2n) is 6.38. The molecule has 0 spiro atoms. The van der Waals surface area contributed by atoms with Crippen LogP contribution >= 0.6 is 27.5 Å². The van der Waals surface area contributed by atoms with Gasteiger partial charge in [-0.05, 0) is 46.3 Å². The number of hydrogen-bond acceptors (Lipinski definition) is 5. The molecule has 0 aliphatic carbocycles. The number of nitrogens with zero attached hydrogens (tertiary/aromatic N) is 1. The summed E-state index contributed by atoms with van der Waals surface area (Å²) in [6.45, 7) is 1.16. The van der Waals surface area contributed by atoms with Crippen LogP contribution in [0.5, 0.6) is 0 Å². The maximum Gasteiger partial charge on any atom is 0.291 e. The zero-order valence-corrected chi connectivity index (χ0v) is 18.2. The van der Waals surface area contributed by atoms with Gasteiger partial charge in [-0.2, -0.15) is 4.31 Å². The lowest BCUT2D eigenvalue weighted by molar-refractivity contribution is 0.0730. The Morgan fingerprint density at radius 2 is 1.90 bits per heavy atom. The van der Waals surface area contributed by atoms with E-state index in [4.69, 9.17) is 20.8 Å². The molecule has 29 heavy (non-hydrogen) atoms. The van der Waals surface area contributed by atoms with Crippen molar-refractivity contribution in [3.8, 4) is 0 Å². The smallest absolute Gasteiger partial charge is 0.291 e. The Hall–Kier alpha value is -1.91. The molecule has 0 unspecified atom stereocenters. The number of carbonyl (C=O) groups is 1. The Balaban J connectivity index is 1.61. The highest BCUT2D eigenvalue weighted by atomic mass is 79.9. The van der Waals surface area contributed by atoms with Crippen LogP contribution in [0.3, 0.4) is 0 Å². The molecule has 1 saturated heterocycles. The van der Waals surface area contributed by atoms with E-state index < -0.39 is 15.9 Å². The van der Waals surface area contributed by atoms with Crippen LogP contribution in [0.1, 0.15) is 10.6 Å². The van der Waals surface area contributed by atoms with Gasteiger partial charge in [0.25, 0.3) is 5.91 Å². The number of halogens is 2. The second kappa shape index (κ2) is 8.08. The standard InChI is InChI=1S/C19H16BrClN2O5S/c20-14-3-1-2-12-10-16(28-18(12)14)19(24)22-13-4-5-15(21)17(11-13)29(25,26)23-6-8-27-9-7-23/h1-5,10-11H,6-9H2,(H,22,24). The maximum absolute atomic E-state index is 12.9. The lowest BCUT2D eigenvalue weighted by Gasteiger charge is -2.26. The van der Waals surface area contributed by atoms with Crippen molar-refractivity contribution in [2.45, 2.75) is 4.90 Å². The summed E-state index contributed by atoms with van der Waals surface area (Å²) >= 11 is 9.53. The number of amides is 1. The highest BCUT2D eigenvalue weighted by Crippen LogP contribution is 2.30. The summed E-state index contributed by atoms with van der Waals surface area (Å²) in [7, 11) is -3.80. The first-order chi connectivity index (χ1) is 13.9. The first-order valence-corrected chi connectivity index (χ1v) is 11.3. The van der Waals surface area contributed by atoms with Gasteiger partial charge in [0, 0.05) is 24.2 Å². The van der Waals surface area contributed by atoms with E-state index in [0.717, 1.165) is 9.86 Å². The van der Waals surface area contributed by atoms with Gasteiger partial charge in [0.1, 0.15) is 10.5 Å². The molecular formula is C19H16BrClN2O5S. The molecule has 1 aromatic heterocycles. The number of fused-ring (bicyclic) bond motifs is 1. The topological polar surface area (TPSA) is 88.9 Å². The van der Waals surface area contributed by atoms with Crippen molar-refractivity contribution in [3.63, 3.8) is 0 Å². The molecule has 152 valence electrons. The SMILES string of the molecule is O=C(Nc1ccc(Cl)c(S(=O)(=O)N2CCOCC2)c1)c1cc2cccc(Br)c2o1. The Labute approximate surface area is 180 Å². The minimum atomic E-state index is -3.80. The molecule has 1 N–H and O–H groups in total. The Morgan fingerprint density at radius 3 is 2.62 bits per heavy atom. The summed E-state index contributed by atoms with van der Waals surface area (Å²) in [6.07, 6.45) is 0. The molecular weight excluding hydrogens is 484 g/mol. The third-order valence-corrected chi connectivity index (χ3v) is 7.50. The minimum Gasteiger partial charge on any atom is -0.450 e. The third kappa shape index (κ3) is 4.06. The largest absolute Gasteiger partial charge is 0.450 e. The molecule has 1 aliphatic rings. The van der Waals surface area contributed by atoms with Gasteiger partial charge in [-0.15, -0.1) is 0 Å². The normalized spacial score (nSPS) is 15.5. The number of furan rings is 1. The summed E-state index contributed by atoms with van der Waals surface area (Å²) in [5.74, 6) is -0.385. The van der Waals surface area contributed by atoms with Gasteiger partial charge in [-0.3, -0.25) is 4.79 Å². The van der Waals surface area contributed by atoms with E-state index in [1.807, 2.05) is 18.2 Å². The number of carbonyl (C=O) groups excluding carboxylic acids is 1. The first kappa shape index (κ1) is 20.4. The number of anilines is 1. The van der Waals surface area contributed by atoms with E-state index in [-0.39, 0.29) is 28.8 Å². The molecule has 3 aromatic rings. The number of hydrogen-bond donors (Lipinski definition) is 1. The molecule has 2 heterocycles. The first-order valence-electron chi connectivity index (χ1n) is 8.73. The Kier molecular flexibility index (Phi) is 5.67. The predicted molar refractivity (Wildman–Crippen MR) is 113 cm³/mol. The number of para-hydroxylation sites is 1. The molecule has 10 heteroatoms. The molecule has 4 rings (SSSR count). The fourth-order valence-electron chi connectivity index (χ4n) is 3.04. The summed E-state index contributed by atoms with van der Waals surface area (Å²) in [5, 5.41) is 3.53. The van der Waals surface area contributed by atoms with Crippen LogP contribution in [0.4, 0.5) is 5.69 Å². The van der Waals surface area contributed by atoms with Crippen molar-refractivity contribution in [2.24, 2.45) is 0 Å². The molecule has 0 bridgehead atoms. The van der Waals surface area contributed by atoms with Crippen molar-refractivity contribution >= 4 is 60.1 Å². The van der Waals surface area contributed by atoms with Gasteiger partial charge in [-0.1, -0.05) is 23.7 Å². The van der Waals surface area contributed by atoms with Crippen LogP contribution in [-0.2, 0) is 14.8 Å². The number of ether oxygens (including phenoxy) is 1. The van der Waals surface area contributed by atoms with Crippen LogP contribution in [-0.4, -0.2) is 44.9 Å². The van der Waals surface area contributed by atoms with Crippen molar-refractivity contribution in [1.82, 2.24) is 4.31 Å². The molecule has 1 aliphatic heterocycles. The molecule has 0 atom stereocenters. The fourth-order valence-corrected chi connectivity index (χ4v) is 5.41. The second-order valence-corrected chi connectivity index (χ2v) is 9.55. The van der Waals surface area contributed by atoms with Crippen molar-refractivity contribution < 1.29 is 22.4 Å². The van der Waals surface area contributed by atoms with Gasteiger partial charge in [0.05, 0.1) is 22.7 Å². The number of rotatable bonds is 4. The third-order valence-electron chi connectivity index (χ3n) is 4.50. The van der Waals surface area contributed by atoms with Gasteiger partial charge < -0.3 is 14.5 Å². The zero-order valence-electron chi connectivity index (χ0n) is 15.0. The van der Waals surface area contributed by atoms with Gasteiger partial charge in [0.2, 0.25) is 10.0 Å². The van der Waals surface area contributed by atoms with Gasteiger partial charge in [-0.25, -0.2) is 8.42 Å². The number of morpholine rings is 1. The van der Waals surface area contributed by atoms with Crippen LogP contribution in [0, 0.1) is 0 Å². The van der Waals surface area contributed by atoms with E-state index in [9.17, 15) is 13.2 Å². The Bertz CT molecular complexity index is 1190. The molecule has 2 aromatic carbocycles. The average molecular weight is 500 g/mol. The number of sulfonamides is 1. The molecule has 0 saturated carbocycles. The summed E-state index contributed by atoms with van der Waals surface area (Å²) < 4.78 is 38.7. The number of nitrogens with one attached hydrogen (secondary N) is 1. The van der Waals surface area contributed by atoms with Crippen LogP contribution in [0.2, 0.25) is 5.02 Å². The van der Waals surface area contributed by atoms with Gasteiger partial charge in [0.15, 0.2) is 5.76 Å². The molecule has 1 fully saturated rings. The van der Waals surface area contributed by atoms with Crippen molar-refractivity contribution in [2.75, 3.05) is 31.6 Å². The molecule has 7 nitrogen and oxygen atoms in total. The lowest BCUT2D eigenvalue weighted by Crippen LogP contribution is -2.40. The number of benzene rings is 2. The van der Waals surface area contributed by atoms with E-state index >= 15 is 0 Å². The van der Waals surface area contributed by atoms with E-state index in [1.54, 1.807) is 6.07 Å². The van der Waals surface area contributed by atoms with Crippen LogP contribution < -0.4 is 5.32 Å². The molecule has 0 radical (unpaired) electrons.